The second kappa shape index (κ2) is 14.9. The molecule has 4 amide bonds. The van der Waals surface area contributed by atoms with Crippen LogP contribution in [0.4, 0.5) is 4.79 Å². The lowest BCUT2D eigenvalue weighted by Crippen LogP contribution is -2.52. The van der Waals surface area contributed by atoms with Crippen molar-refractivity contribution in [2.24, 2.45) is 5.92 Å². The Labute approximate surface area is 254 Å². The number of hydrogen-bond donors (Lipinski definition) is 1. The predicted molar refractivity (Wildman–Crippen MR) is 160 cm³/mol. The number of carbonyl (C=O) groups excluding carboxylic acids is 3. The fourth-order valence-electron chi connectivity index (χ4n) is 6.36. The van der Waals surface area contributed by atoms with E-state index < -0.39 is 17.9 Å². The number of rotatable bonds is 15. The van der Waals surface area contributed by atoms with Crippen LogP contribution in [-0.2, 0) is 14.4 Å². The van der Waals surface area contributed by atoms with Gasteiger partial charge in [0.15, 0.2) is 11.5 Å². The molecule has 0 bridgehead atoms. The van der Waals surface area contributed by atoms with Crippen molar-refractivity contribution < 1.29 is 33.8 Å². The number of carboxylic acid groups (broad SMARTS) is 1. The number of urea groups is 1. The normalized spacial score (nSPS) is 22.1. The summed E-state index contributed by atoms with van der Waals surface area (Å²) in [6.07, 6.45) is 4.38. The maximum atomic E-state index is 13.8. The van der Waals surface area contributed by atoms with Crippen LogP contribution in [-0.4, -0.2) is 133 Å². The molecule has 0 spiro atoms. The lowest BCUT2D eigenvalue weighted by Gasteiger charge is -2.34. The van der Waals surface area contributed by atoms with Crippen LogP contribution in [0.2, 0.25) is 0 Å². The summed E-state index contributed by atoms with van der Waals surface area (Å²) < 4.78 is 11.0. The molecule has 0 saturated carbocycles. The minimum Gasteiger partial charge on any atom is -0.481 e. The van der Waals surface area contributed by atoms with Crippen molar-refractivity contribution in [3.8, 4) is 11.5 Å². The summed E-state index contributed by atoms with van der Waals surface area (Å²) in [4.78, 5) is 60.2. The molecule has 3 aliphatic heterocycles. The molecule has 3 atom stereocenters. The molecule has 238 valence electrons. The zero-order valence-electron chi connectivity index (χ0n) is 26.0. The van der Waals surface area contributed by atoms with Crippen LogP contribution in [0.5, 0.6) is 11.5 Å². The summed E-state index contributed by atoms with van der Waals surface area (Å²) in [5.74, 6) is -1.13. The van der Waals surface area contributed by atoms with Crippen molar-refractivity contribution in [3.05, 3.63) is 23.8 Å². The molecule has 2 fully saturated rings. The van der Waals surface area contributed by atoms with Crippen molar-refractivity contribution in [2.75, 3.05) is 73.7 Å². The third-order valence-electron chi connectivity index (χ3n) is 8.84. The van der Waals surface area contributed by atoms with E-state index in [1.54, 1.807) is 11.0 Å². The Morgan fingerprint density at radius 2 is 1.77 bits per heavy atom. The molecule has 3 heterocycles. The Kier molecular flexibility index (Phi) is 11.3. The molecule has 0 aliphatic carbocycles. The molecule has 4 rings (SSSR count). The predicted octanol–water partition coefficient (Wildman–Crippen LogP) is 2.53. The molecule has 0 radical (unpaired) electrons. The van der Waals surface area contributed by atoms with Crippen LogP contribution in [0.25, 0.3) is 0 Å². The van der Waals surface area contributed by atoms with Crippen LogP contribution in [0.1, 0.15) is 56.9 Å². The third-order valence-corrected chi connectivity index (χ3v) is 8.84. The number of amides is 4. The van der Waals surface area contributed by atoms with E-state index in [0.717, 1.165) is 42.7 Å². The number of nitrogens with zero attached hydrogens (tertiary/aromatic N) is 5. The van der Waals surface area contributed by atoms with E-state index in [1.165, 1.54) is 7.05 Å². The first kappa shape index (κ1) is 32.5. The van der Waals surface area contributed by atoms with Crippen LogP contribution in [0.15, 0.2) is 18.2 Å². The van der Waals surface area contributed by atoms with Gasteiger partial charge in [0.2, 0.25) is 18.6 Å². The zero-order valence-corrected chi connectivity index (χ0v) is 26.0. The van der Waals surface area contributed by atoms with Crippen LogP contribution in [0, 0.1) is 5.92 Å². The van der Waals surface area contributed by atoms with Crippen LogP contribution < -0.4 is 9.47 Å². The molecule has 3 aliphatic rings. The van der Waals surface area contributed by atoms with E-state index in [1.807, 2.05) is 36.0 Å². The van der Waals surface area contributed by atoms with Gasteiger partial charge in [-0.1, -0.05) is 19.4 Å². The topological polar surface area (TPSA) is 123 Å². The number of hydrogen-bond acceptors (Lipinski definition) is 8. The molecular weight excluding hydrogens is 554 g/mol. The molecule has 12 nitrogen and oxygen atoms in total. The van der Waals surface area contributed by atoms with Crippen LogP contribution in [0.3, 0.4) is 0 Å². The summed E-state index contributed by atoms with van der Waals surface area (Å²) in [6, 6.07) is 4.68. The van der Waals surface area contributed by atoms with E-state index in [0.29, 0.717) is 50.6 Å². The van der Waals surface area contributed by atoms with Gasteiger partial charge in [-0.05, 0) is 64.0 Å². The van der Waals surface area contributed by atoms with Gasteiger partial charge in [0, 0.05) is 58.2 Å². The molecular formula is C31H47N5O7. The van der Waals surface area contributed by atoms with Gasteiger partial charge in [0.05, 0.1) is 12.5 Å². The molecule has 43 heavy (non-hydrogen) atoms. The van der Waals surface area contributed by atoms with Gasteiger partial charge in [0.25, 0.3) is 0 Å². The maximum Gasteiger partial charge on any atom is 0.326 e. The monoisotopic (exact) mass is 601 g/mol. The van der Waals surface area contributed by atoms with Crippen molar-refractivity contribution >= 4 is 23.8 Å². The number of fused-ring (bicyclic) bond motifs is 1. The summed E-state index contributed by atoms with van der Waals surface area (Å²) in [7, 11) is 5.54. The molecule has 0 aromatic heterocycles. The minimum absolute atomic E-state index is 0.00171. The standard InChI is InChI=1S/C31H47N5O7/c1-5-6-14-34(15-8-7-13-32(2)3)28(38)20-36-19-23(22-9-10-25-26(18-22)43-21-42-25)29(30(39)40)24(36)11-16-35-17-12-27(37)33(4)31(35)41/h9-10,18,23-24,29H,5-8,11-17,19-21H2,1-4H3,(H,39,40)/t23-,24+,29-/m1/s1. The summed E-state index contributed by atoms with van der Waals surface area (Å²) in [5.41, 5.74) is 0.822. The second-order valence-corrected chi connectivity index (χ2v) is 12.1. The molecule has 2 saturated heterocycles. The number of ether oxygens (including phenoxy) is 2. The SMILES string of the molecule is CCCCN(CCCCN(C)C)C(=O)CN1C[C@H](c2ccc3c(c2)OCO3)[C@@H](C(=O)O)[C@@H]1CCN1CCC(=O)N(C)C1=O. The summed E-state index contributed by atoms with van der Waals surface area (Å²) in [5, 5.41) is 10.5. The fourth-order valence-corrected chi connectivity index (χ4v) is 6.36. The number of imide groups is 1. The zero-order chi connectivity index (χ0) is 31.1. The molecule has 12 heteroatoms. The highest BCUT2D eigenvalue weighted by Gasteiger charge is 2.47. The first-order chi connectivity index (χ1) is 20.6. The fraction of sp³-hybridized carbons (Fsp3) is 0.677. The number of carboxylic acids is 1. The number of carbonyl (C=O) groups is 4. The van der Waals surface area contributed by atoms with Gasteiger partial charge in [-0.3, -0.25) is 24.2 Å². The molecule has 1 aromatic carbocycles. The van der Waals surface area contributed by atoms with Crippen molar-refractivity contribution in [2.45, 2.75) is 57.4 Å². The molecule has 1 aromatic rings. The lowest BCUT2D eigenvalue weighted by atomic mass is 9.84. The highest BCUT2D eigenvalue weighted by Crippen LogP contribution is 2.42. The van der Waals surface area contributed by atoms with E-state index in [9.17, 15) is 24.3 Å². The average molecular weight is 602 g/mol. The average Bonchev–Trinajstić information content (AvgIpc) is 3.59. The van der Waals surface area contributed by atoms with E-state index >= 15 is 0 Å². The van der Waals surface area contributed by atoms with Gasteiger partial charge >= 0.3 is 12.0 Å². The quantitative estimate of drug-likeness (QED) is 0.302. The Morgan fingerprint density at radius 3 is 2.49 bits per heavy atom. The lowest BCUT2D eigenvalue weighted by molar-refractivity contribution is -0.144. The number of benzene rings is 1. The number of unbranched alkanes of at least 4 members (excludes halogenated alkanes) is 2. The minimum atomic E-state index is -0.939. The Balaban J connectivity index is 1.55. The largest absolute Gasteiger partial charge is 0.481 e. The summed E-state index contributed by atoms with van der Waals surface area (Å²) >= 11 is 0. The van der Waals surface area contributed by atoms with Crippen LogP contribution >= 0.6 is 0 Å². The Bertz CT molecular complexity index is 1160. The van der Waals surface area contributed by atoms with E-state index in [-0.39, 0.29) is 43.5 Å². The number of aliphatic carboxylic acids is 1. The van der Waals surface area contributed by atoms with Crippen molar-refractivity contribution in [1.29, 1.82) is 0 Å². The van der Waals surface area contributed by atoms with Gasteiger partial charge in [-0.25, -0.2) is 4.79 Å². The first-order valence-electron chi connectivity index (χ1n) is 15.4. The Morgan fingerprint density at radius 1 is 1.05 bits per heavy atom. The highest BCUT2D eigenvalue weighted by atomic mass is 16.7. The van der Waals surface area contributed by atoms with Gasteiger partial charge in [-0.15, -0.1) is 0 Å². The van der Waals surface area contributed by atoms with Crippen molar-refractivity contribution in [1.82, 2.24) is 24.5 Å². The molecule has 0 unspecified atom stereocenters. The smallest absolute Gasteiger partial charge is 0.326 e. The summed E-state index contributed by atoms with van der Waals surface area (Å²) in [6.45, 7) is 5.62. The third kappa shape index (κ3) is 7.97. The number of likely N-dealkylation sites (tertiary alicyclic amines) is 1. The Hall–Kier alpha value is -3.38. The van der Waals surface area contributed by atoms with Crippen molar-refractivity contribution in [3.63, 3.8) is 0 Å². The van der Waals surface area contributed by atoms with E-state index in [2.05, 4.69) is 11.8 Å². The van der Waals surface area contributed by atoms with Gasteiger partial charge in [-0.2, -0.15) is 0 Å². The van der Waals surface area contributed by atoms with Gasteiger partial charge < -0.3 is 29.3 Å². The second-order valence-electron chi connectivity index (χ2n) is 12.1. The maximum absolute atomic E-state index is 13.8. The first-order valence-corrected chi connectivity index (χ1v) is 15.4. The van der Waals surface area contributed by atoms with Gasteiger partial charge in [0.1, 0.15) is 0 Å². The highest BCUT2D eigenvalue weighted by molar-refractivity contribution is 5.96. The van der Waals surface area contributed by atoms with E-state index in [4.69, 9.17) is 9.47 Å². The molecule has 1 N–H and O–H groups in total.